The van der Waals surface area contributed by atoms with Crippen LogP contribution in [-0.2, 0) is 11.3 Å². The lowest BCUT2D eigenvalue weighted by Gasteiger charge is -2.02. The van der Waals surface area contributed by atoms with E-state index in [2.05, 4.69) is 41.6 Å². The molecule has 3 rings (SSSR count). The summed E-state index contributed by atoms with van der Waals surface area (Å²) >= 11 is 0. The minimum atomic E-state index is -0.172. The zero-order valence-electron chi connectivity index (χ0n) is 13.5. The van der Waals surface area contributed by atoms with Crippen LogP contribution in [0, 0.1) is 6.92 Å². The molecule has 0 bridgehead atoms. The first-order valence-corrected chi connectivity index (χ1v) is 7.81. The maximum Gasteiger partial charge on any atom is 0.248 e. The predicted molar refractivity (Wildman–Crippen MR) is 96.6 cm³/mol. The molecule has 0 unspecified atom stereocenters. The molecule has 3 aromatic rings. The standard InChI is InChI=1S/C20H19N3O/c1-16-7-9-18(10-8-16)14-23-15-19(13-21-23)22-20(24)12-11-17-5-3-2-4-6-17/h2-13,15H,14H2,1H3,(H,22,24)/b12-11+. The number of nitrogens with one attached hydrogen (secondary N) is 1. The van der Waals surface area contributed by atoms with Crippen molar-refractivity contribution in [2.24, 2.45) is 0 Å². The molecule has 1 heterocycles. The molecule has 4 nitrogen and oxygen atoms in total. The van der Waals surface area contributed by atoms with Crippen molar-refractivity contribution in [1.29, 1.82) is 0 Å². The molecule has 24 heavy (non-hydrogen) atoms. The Morgan fingerprint density at radius 3 is 2.62 bits per heavy atom. The van der Waals surface area contributed by atoms with Crippen LogP contribution in [0.15, 0.2) is 73.1 Å². The number of anilines is 1. The second-order valence-corrected chi connectivity index (χ2v) is 5.65. The number of amides is 1. The Kier molecular flexibility index (Phi) is 4.87. The highest BCUT2D eigenvalue weighted by atomic mass is 16.1. The van der Waals surface area contributed by atoms with E-state index in [4.69, 9.17) is 0 Å². The summed E-state index contributed by atoms with van der Waals surface area (Å²) in [5, 5.41) is 7.10. The number of aryl methyl sites for hydroxylation is 1. The first-order chi connectivity index (χ1) is 11.7. The number of rotatable bonds is 5. The van der Waals surface area contributed by atoms with Crippen molar-refractivity contribution >= 4 is 17.7 Å². The molecule has 120 valence electrons. The summed E-state index contributed by atoms with van der Waals surface area (Å²) in [6, 6.07) is 18.0. The van der Waals surface area contributed by atoms with Gasteiger partial charge in [0.05, 0.1) is 18.4 Å². The Hall–Kier alpha value is -3.14. The van der Waals surface area contributed by atoms with Gasteiger partial charge in [0.2, 0.25) is 5.91 Å². The van der Waals surface area contributed by atoms with Gasteiger partial charge in [0, 0.05) is 12.3 Å². The van der Waals surface area contributed by atoms with Gasteiger partial charge in [-0.25, -0.2) is 0 Å². The molecule has 0 aliphatic carbocycles. The maximum atomic E-state index is 12.0. The Morgan fingerprint density at radius 2 is 1.88 bits per heavy atom. The molecule has 0 atom stereocenters. The molecular formula is C20H19N3O. The number of carbonyl (C=O) groups is 1. The molecule has 0 aliphatic rings. The molecular weight excluding hydrogens is 298 g/mol. The molecule has 0 saturated heterocycles. The lowest BCUT2D eigenvalue weighted by atomic mass is 10.1. The fraction of sp³-hybridized carbons (Fsp3) is 0.100. The third kappa shape index (κ3) is 4.43. The summed E-state index contributed by atoms with van der Waals surface area (Å²) in [5.41, 5.74) is 4.08. The SMILES string of the molecule is Cc1ccc(Cn2cc(NC(=O)/C=C/c3ccccc3)cn2)cc1. The van der Waals surface area contributed by atoms with Crippen LogP contribution in [-0.4, -0.2) is 15.7 Å². The maximum absolute atomic E-state index is 12.0. The molecule has 4 heteroatoms. The number of hydrogen-bond acceptors (Lipinski definition) is 2. The van der Waals surface area contributed by atoms with Gasteiger partial charge in [0.1, 0.15) is 0 Å². The fourth-order valence-electron chi connectivity index (χ4n) is 2.32. The van der Waals surface area contributed by atoms with Gasteiger partial charge in [-0.2, -0.15) is 5.10 Å². The van der Waals surface area contributed by atoms with E-state index >= 15 is 0 Å². The number of carbonyl (C=O) groups excluding carboxylic acids is 1. The van der Waals surface area contributed by atoms with Crippen LogP contribution in [0.3, 0.4) is 0 Å². The number of hydrogen-bond donors (Lipinski definition) is 1. The van der Waals surface area contributed by atoms with Gasteiger partial charge in [-0.15, -0.1) is 0 Å². The highest BCUT2D eigenvalue weighted by Crippen LogP contribution is 2.09. The van der Waals surface area contributed by atoms with E-state index in [1.54, 1.807) is 17.0 Å². The molecule has 0 aliphatic heterocycles. The first-order valence-electron chi connectivity index (χ1n) is 7.81. The first kappa shape index (κ1) is 15.7. The second-order valence-electron chi connectivity index (χ2n) is 5.65. The predicted octanol–water partition coefficient (Wildman–Crippen LogP) is 3.89. The van der Waals surface area contributed by atoms with Crippen LogP contribution in [0.1, 0.15) is 16.7 Å². The van der Waals surface area contributed by atoms with Crippen molar-refractivity contribution in [3.8, 4) is 0 Å². The lowest BCUT2D eigenvalue weighted by Crippen LogP contribution is -2.07. The minimum Gasteiger partial charge on any atom is -0.320 e. The van der Waals surface area contributed by atoms with Crippen LogP contribution < -0.4 is 5.32 Å². The average molecular weight is 317 g/mol. The highest BCUT2D eigenvalue weighted by molar-refractivity contribution is 6.01. The van der Waals surface area contributed by atoms with E-state index in [-0.39, 0.29) is 5.91 Å². The zero-order valence-corrected chi connectivity index (χ0v) is 13.5. The molecule has 0 radical (unpaired) electrons. The fourth-order valence-corrected chi connectivity index (χ4v) is 2.32. The van der Waals surface area contributed by atoms with Crippen molar-refractivity contribution in [1.82, 2.24) is 9.78 Å². The van der Waals surface area contributed by atoms with Gasteiger partial charge in [-0.1, -0.05) is 60.2 Å². The van der Waals surface area contributed by atoms with Crippen LogP contribution in [0.25, 0.3) is 6.08 Å². The van der Waals surface area contributed by atoms with Crippen molar-refractivity contribution in [2.45, 2.75) is 13.5 Å². The van der Waals surface area contributed by atoms with Gasteiger partial charge in [-0.05, 0) is 24.1 Å². The summed E-state index contributed by atoms with van der Waals surface area (Å²) in [4.78, 5) is 12.0. The number of benzene rings is 2. The van der Waals surface area contributed by atoms with E-state index in [0.717, 1.165) is 5.56 Å². The van der Waals surface area contributed by atoms with E-state index in [1.165, 1.54) is 17.2 Å². The van der Waals surface area contributed by atoms with E-state index in [9.17, 15) is 4.79 Å². The van der Waals surface area contributed by atoms with Crippen molar-refractivity contribution in [2.75, 3.05) is 5.32 Å². The normalized spacial score (nSPS) is 10.9. The van der Waals surface area contributed by atoms with E-state index in [0.29, 0.717) is 12.2 Å². The second kappa shape index (κ2) is 7.42. The molecule has 1 amide bonds. The minimum absolute atomic E-state index is 0.172. The van der Waals surface area contributed by atoms with Gasteiger partial charge < -0.3 is 5.32 Å². The van der Waals surface area contributed by atoms with Crippen molar-refractivity contribution in [3.63, 3.8) is 0 Å². The summed E-state index contributed by atoms with van der Waals surface area (Å²) in [6.45, 7) is 2.74. The molecule has 1 aromatic heterocycles. The quantitative estimate of drug-likeness (QED) is 0.726. The smallest absolute Gasteiger partial charge is 0.248 e. The Balaban J connectivity index is 1.58. The van der Waals surface area contributed by atoms with Crippen LogP contribution in [0.2, 0.25) is 0 Å². The van der Waals surface area contributed by atoms with Gasteiger partial charge in [0.15, 0.2) is 0 Å². The van der Waals surface area contributed by atoms with Crippen LogP contribution in [0.4, 0.5) is 5.69 Å². The average Bonchev–Trinajstić information content (AvgIpc) is 3.03. The summed E-state index contributed by atoms with van der Waals surface area (Å²) in [7, 11) is 0. The lowest BCUT2D eigenvalue weighted by molar-refractivity contribution is -0.111. The van der Waals surface area contributed by atoms with Crippen molar-refractivity contribution in [3.05, 3.63) is 89.8 Å². The van der Waals surface area contributed by atoms with Gasteiger partial charge in [0.25, 0.3) is 0 Å². The molecule has 0 fully saturated rings. The Bertz CT molecular complexity index is 833. The van der Waals surface area contributed by atoms with E-state index < -0.39 is 0 Å². The van der Waals surface area contributed by atoms with Crippen LogP contribution >= 0.6 is 0 Å². The number of aromatic nitrogens is 2. The summed E-state index contributed by atoms with van der Waals surface area (Å²) in [5.74, 6) is -0.172. The largest absolute Gasteiger partial charge is 0.320 e. The van der Waals surface area contributed by atoms with Crippen molar-refractivity contribution < 1.29 is 4.79 Å². The number of nitrogens with zero attached hydrogens (tertiary/aromatic N) is 2. The molecule has 2 aromatic carbocycles. The Labute approximate surface area is 141 Å². The molecule has 0 spiro atoms. The molecule has 0 saturated carbocycles. The van der Waals surface area contributed by atoms with Crippen LogP contribution in [0.5, 0.6) is 0 Å². The third-order valence-corrected chi connectivity index (χ3v) is 3.59. The highest BCUT2D eigenvalue weighted by Gasteiger charge is 2.02. The van der Waals surface area contributed by atoms with Gasteiger partial charge in [-0.3, -0.25) is 9.48 Å². The van der Waals surface area contributed by atoms with Gasteiger partial charge >= 0.3 is 0 Å². The topological polar surface area (TPSA) is 46.9 Å². The third-order valence-electron chi connectivity index (χ3n) is 3.59. The summed E-state index contributed by atoms with van der Waals surface area (Å²) < 4.78 is 1.81. The molecule has 1 N–H and O–H groups in total. The monoisotopic (exact) mass is 317 g/mol. The zero-order chi connectivity index (χ0) is 16.8. The van der Waals surface area contributed by atoms with E-state index in [1.807, 2.05) is 36.5 Å². The Morgan fingerprint density at radius 1 is 1.12 bits per heavy atom. The summed E-state index contributed by atoms with van der Waals surface area (Å²) in [6.07, 6.45) is 6.79.